The largest absolute Gasteiger partial charge is 0.460 e. The molecule has 0 aromatic heterocycles. The SMILES string of the molecule is CC(C)(C)OC(=O)CC(N)CSc1ccccc1. The van der Waals surface area contributed by atoms with Crippen molar-refractivity contribution in [3.63, 3.8) is 0 Å². The third-order valence-corrected chi connectivity index (χ3v) is 3.26. The number of hydrogen-bond acceptors (Lipinski definition) is 4. The maximum atomic E-state index is 11.6. The Labute approximate surface area is 113 Å². The lowest BCUT2D eigenvalue weighted by Gasteiger charge is -2.20. The zero-order chi connectivity index (χ0) is 13.6. The molecule has 0 fully saturated rings. The van der Waals surface area contributed by atoms with Gasteiger partial charge in [-0.2, -0.15) is 0 Å². The van der Waals surface area contributed by atoms with Crippen LogP contribution in [0.25, 0.3) is 0 Å². The smallest absolute Gasteiger partial charge is 0.307 e. The molecule has 2 N–H and O–H groups in total. The lowest BCUT2D eigenvalue weighted by molar-refractivity contribution is -0.155. The maximum Gasteiger partial charge on any atom is 0.307 e. The molecule has 0 heterocycles. The number of carbonyl (C=O) groups excluding carboxylic acids is 1. The minimum absolute atomic E-state index is 0.176. The molecule has 18 heavy (non-hydrogen) atoms. The van der Waals surface area contributed by atoms with Gasteiger partial charge in [-0.05, 0) is 32.9 Å². The van der Waals surface area contributed by atoms with Crippen LogP contribution in [0.2, 0.25) is 0 Å². The molecule has 100 valence electrons. The zero-order valence-electron chi connectivity index (χ0n) is 11.2. The highest BCUT2D eigenvalue weighted by Crippen LogP contribution is 2.18. The Kier molecular flexibility index (Phi) is 5.69. The van der Waals surface area contributed by atoms with Crippen molar-refractivity contribution < 1.29 is 9.53 Å². The Bertz CT molecular complexity index is 373. The van der Waals surface area contributed by atoms with E-state index in [1.807, 2.05) is 51.1 Å². The van der Waals surface area contributed by atoms with Crippen molar-refractivity contribution >= 4 is 17.7 Å². The number of hydrogen-bond donors (Lipinski definition) is 1. The molecule has 0 aliphatic rings. The minimum atomic E-state index is -0.441. The Morgan fingerprint density at radius 1 is 1.33 bits per heavy atom. The Balaban J connectivity index is 2.29. The predicted molar refractivity (Wildman–Crippen MR) is 75.6 cm³/mol. The van der Waals surface area contributed by atoms with Crippen LogP contribution in [0.15, 0.2) is 35.2 Å². The van der Waals surface area contributed by atoms with Crippen LogP contribution in [-0.2, 0) is 9.53 Å². The predicted octanol–water partition coefficient (Wildman–Crippen LogP) is 2.84. The topological polar surface area (TPSA) is 52.3 Å². The average molecular weight is 267 g/mol. The van der Waals surface area contributed by atoms with Gasteiger partial charge in [-0.3, -0.25) is 4.79 Å². The number of rotatable bonds is 5. The summed E-state index contributed by atoms with van der Waals surface area (Å²) in [4.78, 5) is 12.7. The number of ether oxygens (including phenoxy) is 1. The van der Waals surface area contributed by atoms with Crippen molar-refractivity contribution in [3.05, 3.63) is 30.3 Å². The molecule has 0 saturated carbocycles. The first-order chi connectivity index (χ1) is 8.37. The van der Waals surface area contributed by atoms with Crippen molar-refractivity contribution in [1.82, 2.24) is 0 Å². The standard InChI is InChI=1S/C14H21NO2S/c1-14(2,3)17-13(16)9-11(15)10-18-12-7-5-4-6-8-12/h4-8,11H,9-10,15H2,1-3H3. The molecule has 1 aromatic carbocycles. The van der Waals surface area contributed by atoms with E-state index in [4.69, 9.17) is 10.5 Å². The highest BCUT2D eigenvalue weighted by Gasteiger charge is 2.18. The van der Waals surface area contributed by atoms with Crippen LogP contribution >= 0.6 is 11.8 Å². The van der Waals surface area contributed by atoms with Gasteiger partial charge in [0.15, 0.2) is 0 Å². The zero-order valence-corrected chi connectivity index (χ0v) is 12.0. The molecule has 1 rings (SSSR count). The highest BCUT2D eigenvalue weighted by atomic mass is 32.2. The van der Waals surface area contributed by atoms with Crippen molar-refractivity contribution in [3.8, 4) is 0 Å². The second kappa shape index (κ2) is 6.81. The van der Waals surface area contributed by atoms with E-state index in [9.17, 15) is 4.79 Å². The number of benzene rings is 1. The molecule has 0 bridgehead atoms. The van der Waals surface area contributed by atoms with Crippen molar-refractivity contribution in [2.75, 3.05) is 5.75 Å². The summed E-state index contributed by atoms with van der Waals surface area (Å²) in [6, 6.07) is 9.84. The van der Waals surface area contributed by atoms with Crippen LogP contribution in [0.3, 0.4) is 0 Å². The van der Waals surface area contributed by atoms with Gasteiger partial charge in [0, 0.05) is 16.7 Å². The highest BCUT2D eigenvalue weighted by molar-refractivity contribution is 7.99. The fourth-order valence-electron chi connectivity index (χ4n) is 1.38. The first-order valence-electron chi connectivity index (χ1n) is 6.02. The first-order valence-corrected chi connectivity index (χ1v) is 7.00. The summed E-state index contributed by atoms with van der Waals surface area (Å²) >= 11 is 1.66. The molecule has 0 saturated heterocycles. The normalized spacial score (nSPS) is 13.1. The Hall–Kier alpha value is -1.00. The lowest BCUT2D eigenvalue weighted by Crippen LogP contribution is -2.31. The molecule has 0 spiro atoms. The molecule has 4 heteroatoms. The van der Waals surface area contributed by atoms with Crippen molar-refractivity contribution in [1.29, 1.82) is 0 Å². The van der Waals surface area contributed by atoms with Crippen LogP contribution in [0.1, 0.15) is 27.2 Å². The van der Waals surface area contributed by atoms with E-state index in [-0.39, 0.29) is 18.4 Å². The van der Waals surface area contributed by atoms with Crippen molar-refractivity contribution in [2.24, 2.45) is 5.73 Å². The third kappa shape index (κ3) is 6.67. The number of thioether (sulfide) groups is 1. The van der Waals surface area contributed by atoms with Crippen LogP contribution in [0.4, 0.5) is 0 Å². The lowest BCUT2D eigenvalue weighted by atomic mass is 10.2. The van der Waals surface area contributed by atoms with E-state index in [2.05, 4.69) is 0 Å². The molecule has 1 atom stereocenters. The minimum Gasteiger partial charge on any atom is -0.460 e. The summed E-state index contributed by atoms with van der Waals surface area (Å²) in [5, 5.41) is 0. The second-order valence-electron chi connectivity index (χ2n) is 5.17. The van der Waals surface area contributed by atoms with Crippen LogP contribution in [-0.4, -0.2) is 23.4 Å². The fourth-order valence-corrected chi connectivity index (χ4v) is 2.25. The van der Waals surface area contributed by atoms with Gasteiger partial charge in [-0.25, -0.2) is 0 Å². The first kappa shape index (κ1) is 15.1. The van der Waals surface area contributed by atoms with E-state index < -0.39 is 5.60 Å². The summed E-state index contributed by atoms with van der Waals surface area (Å²) in [6.45, 7) is 5.57. The van der Waals surface area contributed by atoms with Gasteiger partial charge in [-0.1, -0.05) is 18.2 Å². The van der Waals surface area contributed by atoms with E-state index in [0.717, 1.165) is 4.90 Å². The Morgan fingerprint density at radius 2 is 1.94 bits per heavy atom. The summed E-state index contributed by atoms with van der Waals surface area (Å²) < 4.78 is 5.23. The molecule has 0 aliphatic carbocycles. The van der Waals surface area contributed by atoms with Crippen molar-refractivity contribution in [2.45, 2.75) is 43.7 Å². The molecule has 3 nitrogen and oxygen atoms in total. The van der Waals surface area contributed by atoms with Gasteiger partial charge in [-0.15, -0.1) is 11.8 Å². The molecule has 0 amide bonds. The van der Waals surface area contributed by atoms with Crippen LogP contribution in [0.5, 0.6) is 0 Å². The van der Waals surface area contributed by atoms with Gasteiger partial charge in [0.05, 0.1) is 6.42 Å². The van der Waals surface area contributed by atoms with Crippen LogP contribution in [0, 0.1) is 0 Å². The molecule has 0 aliphatic heterocycles. The molecule has 1 aromatic rings. The van der Waals surface area contributed by atoms with E-state index >= 15 is 0 Å². The molecular formula is C14H21NO2S. The summed E-state index contributed by atoms with van der Waals surface area (Å²) in [6.07, 6.45) is 0.261. The van der Waals surface area contributed by atoms with Gasteiger partial charge < -0.3 is 10.5 Å². The Morgan fingerprint density at radius 3 is 2.50 bits per heavy atom. The second-order valence-corrected chi connectivity index (χ2v) is 6.27. The summed E-state index contributed by atoms with van der Waals surface area (Å²) in [5.41, 5.74) is 5.48. The summed E-state index contributed by atoms with van der Waals surface area (Å²) in [5.74, 6) is 0.479. The van der Waals surface area contributed by atoms with Gasteiger partial charge in [0.1, 0.15) is 5.60 Å². The van der Waals surface area contributed by atoms with E-state index in [1.54, 1.807) is 11.8 Å². The van der Waals surface area contributed by atoms with Crippen LogP contribution < -0.4 is 5.73 Å². The van der Waals surface area contributed by atoms with E-state index in [1.165, 1.54) is 0 Å². The van der Waals surface area contributed by atoms with Gasteiger partial charge >= 0.3 is 5.97 Å². The molecule has 1 unspecified atom stereocenters. The molecule has 0 radical (unpaired) electrons. The number of carbonyl (C=O) groups is 1. The third-order valence-electron chi connectivity index (χ3n) is 2.06. The maximum absolute atomic E-state index is 11.6. The fraction of sp³-hybridized carbons (Fsp3) is 0.500. The summed E-state index contributed by atoms with van der Waals surface area (Å²) in [7, 11) is 0. The average Bonchev–Trinajstić information content (AvgIpc) is 2.25. The number of nitrogens with two attached hydrogens (primary N) is 1. The monoisotopic (exact) mass is 267 g/mol. The number of esters is 1. The van der Waals surface area contributed by atoms with E-state index in [0.29, 0.717) is 5.75 Å². The van der Waals surface area contributed by atoms with Gasteiger partial charge in [0.25, 0.3) is 0 Å². The molecular weight excluding hydrogens is 246 g/mol. The van der Waals surface area contributed by atoms with Gasteiger partial charge in [0.2, 0.25) is 0 Å². The quantitative estimate of drug-likeness (QED) is 0.658.